The molecule has 3 rings (SSSR count). The predicted octanol–water partition coefficient (Wildman–Crippen LogP) is 2.02. The Labute approximate surface area is 104 Å². The lowest BCUT2D eigenvalue weighted by molar-refractivity contribution is -0.132. The number of pyridine rings is 1. The third-order valence-corrected chi connectivity index (χ3v) is 3.50. The van der Waals surface area contributed by atoms with E-state index in [0.717, 1.165) is 12.8 Å². The van der Waals surface area contributed by atoms with Crippen molar-refractivity contribution in [3.63, 3.8) is 0 Å². The predicted molar refractivity (Wildman–Crippen MR) is 63.9 cm³/mol. The van der Waals surface area contributed by atoms with Crippen LogP contribution in [-0.2, 0) is 11.2 Å². The number of carbonyl (C=O) groups is 1. The second-order valence-corrected chi connectivity index (χ2v) is 4.81. The maximum atomic E-state index is 13.5. The highest BCUT2D eigenvalue weighted by atomic mass is 19.1. The molecule has 1 saturated carbocycles. The minimum atomic E-state index is -0.949. The summed E-state index contributed by atoms with van der Waals surface area (Å²) in [5.74, 6) is -0.618. The highest BCUT2D eigenvalue weighted by Gasteiger charge is 2.34. The van der Waals surface area contributed by atoms with Gasteiger partial charge in [0.1, 0.15) is 11.6 Å². The van der Waals surface area contributed by atoms with Gasteiger partial charge in [-0.15, -0.1) is 0 Å². The van der Waals surface area contributed by atoms with Crippen molar-refractivity contribution in [2.75, 3.05) is 4.90 Å². The molecule has 0 bridgehead atoms. The van der Waals surface area contributed by atoms with Gasteiger partial charge in [-0.3, -0.25) is 0 Å². The first-order chi connectivity index (χ1) is 8.58. The number of hydrogen-bond acceptors (Lipinski definition) is 3. The van der Waals surface area contributed by atoms with E-state index in [1.54, 1.807) is 13.1 Å². The van der Waals surface area contributed by atoms with Crippen LogP contribution in [0.2, 0.25) is 0 Å². The molecule has 0 amide bonds. The number of fused-ring (bicyclic) bond motifs is 1. The monoisotopic (exact) mass is 248 g/mol. The number of aliphatic carboxylic acids is 1. The standard InChI is InChI=1S/C13H13FN2O2/c1-7-10-4-8(13(17)18)6-16(9-2-3-9)12(10)15-5-11(7)14/h5-6,9H,2-4H2,1H3,(H,17,18). The van der Waals surface area contributed by atoms with Crippen molar-refractivity contribution in [2.45, 2.75) is 32.2 Å². The molecule has 0 atom stereocenters. The van der Waals surface area contributed by atoms with Crippen LogP contribution < -0.4 is 4.90 Å². The molecule has 18 heavy (non-hydrogen) atoms. The van der Waals surface area contributed by atoms with E-state index in [1.807, 2.05) is 4.90 Å². The molecule has 1 aromatic rings. The maximum absolute atomic E-state index is 13.5. The molecule has 94 valence electrons. The second kappa shape index (κ2) is 3.80. The molecule has 5 heteroatoms. The second-order valence-electron chi connectivity index (χ2n) is 4.81. The number of carboxylic acid groups (broad SMARTS) is 1. The fourth-order valence-corrected chi connectivity index (χ4v) is 2.27. The van der Waals surface area contributed by atoms with Crippen LogP contribution in [0.15, 0.2) is 18.0 Å². The summed E-state index contributed by atoms with van der Waals surface area (Å²) in [6, 6.07) is 0.316. The maximum Gasteiger partial charge on any atom is 0.333 e. The summed E-state index contributed by atoms with van der Waals surface area (Å²) in [6.07, 6.45) is 5.15. The molecule has 0 aromatic carbocycles. The molecule has 1 aliphatic carbocycles. The van der Waals surface area contributed by atoms with Gasteiger partial charge in [0.2, 0.25) is 0 Å². The fraction of sp³-hybridized carbons (Fsp3) is 0.385. The summed E-state index contributed by atoms with van der Waals surface area (Å²) in [5.41, 5.74) is 1.49. The third kappa shape index (κ3) is 1.66. The number of aromatic nitrogens is 1. The van der Waals surface area contributed by atoms with Crippen LogP contribution in [-0.4, -0.2) is 22.1 Å². The van der Waals surface area contributed by atoms with Gasteiger partial charge in [0.15, 0.2) is 0 Å². The van der Waals surface area contributed by atoms with Crippen molar-refractivity contribution in [2.24, 2.45) is 0 Å². The van der Waals surface area contributed by atoms with Crippen molar-refractivity contribution in [1.82, 2.24) is 4.98 Å². The number of anilines is 1. The minimum absolute atomic E-state index is 0.241. The summed E-state index contributed by atoms with van der Waals surface area (Å²) in [6.45, 7) is 1.67. The lowest BCUT2D eigenvalue weighted by Crippen LogP contribution is -2.28. The van der Waals surface area contributed by atoms with Gasteiger partial charge in [-0.2, -0.15) is 0 Å². The molecule has 4 nitrogen and oxygen atoms in total. The summed E-state index contributed by atoms with van der Waals surface area (Å²) in [7, 11) is 0. The SMILES string of the molecule is Cc1c(F)cnc2c1CC(C(=O)O)=CN2C1CC1. The third-order valence-electron chi connectivity index (χ3n) is 3.50. The van der Waals surface area contributed by atoms with E-state index in [2.05, 4.69) is 4.98 Å². The number of halogens is 1. The first-order valence-corrected chi connectivity index (χ1v) is 5.94. The first-order valence-electron chi connectivity index (χ1n) is 5.94. The van der Waals surface area contributed by atoms with Crippen LogP contribution in [0.4, 0.5) is 10.2 Å². The topological polar surface area (TPSA) is 53.4 Å². The molecule has 1 aliphatic heterocycles. The van der Waals surface area contributed by atoms with E-state index < -0.39 is 5.97 Å². The summed E-state index contributed by atoms with van der Waals surface area (Å²) >= 11 is 0. The normalized spacial score (nSPS) is 18.3. The van der Waals surface area contributed by atoms with E-state index in [1.165, 1.54) is 6.20 Å². The number of hydrogen-bond donors (Lipinski definition) is 1. The molecule has 0 spiro atoms. The van der Waals surface area contributed by atoms with E-state index >= 15 is 0 Å². The van der Waals surface area contributed by atoms with Crippen LogP contribution in [0.3, 0.4) is 0 Å². The van der Waals surface area contributed by atoms with Crippen molar-refractivity contribution in [3.05, 3.63) is 34.9 Å². The van der Waals surface area contributed by atoms with Gasteiger partial charge < -0.3 is 10.0 Å². The average Bonchev–Trinajstić information content (AvgIpc) is 3.17. The molecule has 1 fully saturated rings. The zero-order valence-electron chi connectivity index (χ0n) is 9.98. The number of nitrogens with zero attached hydrogens (tertiary/aromatic N) is 2. The highest BCUT2D eigenvalue weighted by molar-refractivity contribution is 5.89. The number of rotatable bonds is 2. The van der Waals surface area contributed by atoms with E-state index in [9.17, 15) is 9.18 Å². The molecule has 2 aliphatic rings. The van der Waals surface area contributed by atoms with Gasteiger partial charge in [-0.25, -0.2) is 14.2 Å². The molecule has 0 radical (unpaired) electrons. The van der Waals surface area contributed by atoms with Gasteiger partial charge in [0.05, 0.1) is 11.8 Å². The average molecular weight is 248 g/mol. The van der Waals surface area contributed by atoms with Crippen molar-refractivity contribution < 1.29 is 14.3 Å². The van der Waals surface area contributed by atoms with Crippen LogP contribution in [0.1, 0.15) is 24.0 Å². The smallest absolute Gasteiger partial charge is 0.333 e. The van der Waals surface area contributed by atoms with Crippen molar-refractivity contribution in [3.8, 4) is 0 Å². The first kappa shape index (κ1) is 11.2. The summed E-state index contributed by atoms with van der Waals surface area (Å²) < 4.78 is 13.5. The van der Waals surface area contributed by atoms with Gasteiger partial charge in [0, 0.05) is 24.2 Å². The van der Waals surface area contributed by atoms with Crippen LogP contribution in [0.5, 0.6) is 0 Å². The minimum Gasteiger partial charge on any atom is -0.478 e. The zero-order valence-corrected chi connectivity index (χ0v) is 9.98. The molecule has 1 aromatic heterocycles. The molecule has 0 unspecified atom stereocenters. The van der Waals surface area contributed by atoms with Gasteiger partial charge in [0.25, 0.3) is 0 Å². The largest absolute Gasteiger partial charge is 0.478 e. The Balaban J connectivity index is 2.12. The lowest BCUT2D eigenvalue weighted by Gasteiger charge is -2.28. The van der Waals surface area contributed by atoms with Crippen LogP contribution in [0.25, 0.3) is 0 Å². The molecule has 1 N–H and O–H groups in total. The Morgan fingerprint density at radius 3 is 2.89 bits per heavy atom. The van der Waals surface area contributed by atoms with Gasteiger partial charge in [-0.1, -0.05) is 0 Å². The van der Waals surface area contributed by atoms with Crippen LogP contribution in [0, 0.1) is 12.7 Å². The molecular formula is C13H13FN2O2. The molecular weight excluding hydrogens is 235 g/mol. The summed E-state index contributed by atoms with van der Waals surface area (Å²) in [5, 5.41) is 9.13. The zero-order chi connectivity index (χ0) is 12.9. The lowest BCUT2D eigenvalue weighted by atomic mass is 9.98. The summed E-state index contributed by atoms with van der Waals surface area (Å²) in [4.78, 5) is 17.2. The Morgan fingerprint density at radius 1 is 1.56 bits per heavy atom. The number of carboxylic acids is 1. The quantitative estimate of drug-likeness (QED) is 0.870. The van der Waals surface area contributed by atoms with Gasteiger partial charge in [-0.05, 0) is 25.3 Å². The Bertz CT molecular complexity index is 564. The molecule has 2 heterocycles. The van der Waals surface area contributed by atoms with Gasteiger partial charge >= 0.3 is 5.97 Å². The van der Waals surface area contributed by atoms with E-state index in [0.29, 0.717) is 28.6 Å². The van der Waals surface area contributed by atoms with E-state index in [-0.39, 0.29) is 12.2 Å². The fourth-order valence-electron chi connectivity index (χ4n) is 2.27. The van der Waals surface area contributed by atoms with Crippen molar-refractivity contribution >= 4 is 11.8 Å². The Kier molecular flexibility index (Phi) is 2.36. The van der Waals surface area contributed by atoms with Crippen LogP contribution >= 0.6 is 0 Å². The van der Waals surface area contributed by atoms with E-state index in [4.69, 9.17) is 5.11 Å². The van der Waals surface area contributed by atoms with Crippen molar-refractivity contribution in [1.29, 1.82) is 0 Å². The Morgan fingerprint density at radius 2 is 2.28 bits per heavy atom. The molecule has 0 saturated heterocycles. The Hall–Kier alpha value is -1.91. The highest BCUT2D eigenvalue weighted by Crippen LogP contribution is 2.38.